The number of rotatable bonds is 3. The van der Waals surface area contributed by atoms with E-state index in [9.17, 15) is 9.18 Å². The number of carbonyl (C=O) groups is 1. The summed E-state index contributed by atoms with van der Waals surface area (Å²) < 4.78 is 18.5. The Morgan fingerprint density at radius 3 is 3.00 bits per heavy atom. The molecule has 0 amide bonds. The number of ketones is 1. The second-order valence-corrected chi connectivity index (χ2v) is 4.86. The van der Waals surface area contributed by atoms with Crippen LogP contribution in [-0.2, 0) is 13.0 Å². The smallest absolute Gasteiger partial charge is 0.164 e. The highest BCUT2D eigenvalue weighted by atomic mass is 19.1. The van der Waals surface area contributed by atoms with Crippen LogP contribution < -0.4 is 4.74 Å². The molecule has 20 heavy (non-hydrogen) atoms. The highest BCUT2D eigenvalue weighted by Crippen LogP contribution is 2.21. The molecule has 0 spiro atoms. The van der Waals surface area contributed by atoms with Crippen LogP contribution in [0, 0.1) is 5.82 Å². The maximum Gasteiger partial charge on any atom is 0.164 e. The molecular weight excluding hydrogens is 257 g/mol. The Balaban J connectivity index is 1.75. The van der Waals surface area contributed by atoms with Crippen LogP contribution in [0.25, 0.3) is 0 Å². The number of hydrogen-bond acceptors (Lipinski definition) is 3. The van der Waals surface area contributed by atoms with Crippen molar-refractivity contribution in [1.82, 2.24) is 4.98 Å². The van der Waals surface area contributed by atoms with Crippen molar-refractivity contribution < 1.29 is 13.9 Å². The van der Waals surface area contributed by atoms with Crippen LogP contribution in [0.1, 0.15) is 34.5 Å². The summed E-state index contributed by atoms with van der Waals surface area (Å²) in [6, 6.07) is 7.82. The van der Waals surface area contributed by atoms with Gasteiger partial charge in [0.1, 0.15) is 18.2 Å². The van der Waals surface area contributed by atoms with E-state index in [-0.39, 0.29) is 18.2 Å². The minimum absolute atomic E-state index is 0.145. The van der Waals surface area contributed by atoms with Crippen molar-refractivity contribution in [2.45, 2.75) is 25.9 Å². The minimum atomic E-state index is -0.332. The van der Waals surface area contributed by atoms with Gasteiger partial charge in [-0.05, 0) is 31.0 Å². The Morgan fingerprint density at radius 2 is 2.15 bits per heavy atom. The van der Waals surface area contributed by atoms with E-state index in [2.05, 4.69) is 4.98 Å². The van der Waals surface area contributed by atoms with E-state index < -0.39 is 0 Å². The third-order valence-electron chi connectivity index (χ3n) is 3.35. The maximum atomic E-state index is 13.0. The summed E-state index contributed by atoms with van der Waals surface area (Å²) in [5.74, 6) is 0.279. The molecule has 0 saturated carbocycles. The van der Waals surface area contributed by atoms with Crippen molar-refractivity contribution >= 4 is 5.78 Å². The molecule has 0 N–H and O–H groups in total. The van der Waals surface area contributed by atoms with E-state index >= 15 is 0 Å². The second-order valence-electron chi connectivity index (χ2n) is 4.86. The first-order valence-electron chi connectivity index (χ1n) is 6.62. The second kappa shape index (κ2) is 5.41. The number of fused-ring (bicyclic) bond motifs is 1. The average molecular weight is 271 g/mol. The number of aromatic nitrogens is 1. The van der Waals surface area contributed by atoms with Crippen LogP contribution in [0.4, 0.5) is 4.39 Å². The van der Waals surface area contributed by atoms with Gasteiger partial charge in [0, 0.05) is 29.8 Å². The molecule has 0 radical (unpaired) electrons. The van der Waals surface area contributed by atoms with E-state index in [0.717, 1.165) is 24.1 Å². The van der Waals surface area contributed by atoms with Gasteiger partial charge in [-0.3, -0.25) is 9.78 Å². The molecule has 0 saturated heterocycles. The third kappa shape index (κ3) is 2.69. The Labute approximate surface area is 116 Å². The molecule has 0 fully saturated rings. The Morgan fingerprint density at radius 1 is 1.25 bits per heavy atom. The fourth-order valence-corrected chi connectivity index (χ4v) is 2.33. The first-order chi connectivity index (χ1) is 9.72. The molecule has 1 aliphatic carbocycles. The molecule has 102 valence electrons. The minimum Gasteiger partial charge on any atom is -0.489 e. The number of Topliss-reactive ketones (excluding diaryl/α,β-unsaturated/α-hetero) is 1. The summed E-state index contributed by atoms with van der Waals surface area (Å²) in [4.78, 5) is 16.2. The van der Waals surface area contributed by atoms with E-state index in [1.807, 2.05) is 6.07 Å². The standard InChI is InChI=1S/C16H14FNO2/c17-12-3-1-4-13(8-12)20-10-11-7-14-15(18-9-11)5-2-6-16(14)19/h1,3-4,7-9H,2,5-6,10H2. The topological polar surface area (TPSA) is 39.2 Å². The van der Waals surface area contributed by atoms with Crippen molar-refractivity contribution in [3.63, 3.8) is 0 Å². The normalized spacial score (nSPS) is 13.9. The molecule has 1 heterocycles. The number of halogens is 1. The van der Waals surface area contributed by atoms with E-state index in [1.165, 1.54) is 12.1 Å². The van der Waals surface area contributed by atoms with Crippen molar-refractivity contribution in [1.29, 1.82) is 0 Å². The van der Waals surface area contributed by atoms with Crippen LogP contribution >= 0.6 is 0 Å². The lowest BCUT2D eigenvalue weighted by Gasteiger charge is -2.14. The Hall–Kier alpha value is -2.23. The zero-order chi connectivity index (χ0) is 13.9. The molecule has 1 aromatic heterocycles. The van der Waals surface area contributed by atoms with Gasteiger partial charge in [-0.15, -0.1) is 0 Å². The van der Waals surface area contributed by atoms with Crippen LogP contribution in [0.5, 0.6) is 5.75 Å². The summed E-state index contributed by atoms with van der Waals surface area (Å²) in [5.41, 5.74) is 2.40. The maximum absolute atomic E-state index is 13.0. The molecule has 2 aromatic rings. The summed E-state index contributed by atoms with van der Waals surface area (Å²) in [7, 11) is 0. The number of hydrogen-bond donors (Lipinski definition) is 0. The third-order valence-corrected chi connectivity index (χ3v) is 3.35. The number of aryl methyl sites for hydroxylation is 1. The molecule has 3 nitrogen and oxygen atoms in total. The molecule has 4 heteroatoms. The predicted molar refractivity (Wildman–Crippen MR) is 72.2 cm³/mol. The molecule has 3 rings (SSSR count). The first kappa shape index (κ1) is 12.8. The molecule has 0 aliphatic heterocycles. The average Bonchev–Trinajstić information content (AvgIpc) is 2.46. The molecular formula is C16H14FNO2. The SMILES string of the molecule is O=C1CCCc2ncc(COc3cccc(F)c3)cc21. The zero-order valence-electron chi connectivity index (χ0n) is 10.9. The van der Waals surface area contributed by atoms with Crippen LogP contribution in [0.2, 0.25) is 0 Å². The highest BCUT2D eigenvalue weighted by Gasteiger charge is 2.18. The van der Waals surface area contributed by atoms with E-state index in [4.69, 9.17) is 4.74 Å². The Bertz CT molecular complexity index is 655. The fraction of sp³-hybridized carbons (Fsp3) is 0.250. The van der Waals surface area contributed by atoms with Gasteiger partial charge in [-0.2, -0.15) is 0 Å². The Kier molecular flexibility index (Phi) is 3.46. The lowest BCUT2D eigenvalue weighted by molar-refractivity contribution is 0.0971. The molecule has 1 aromatic carbocycles. The van der Waals surface area contributed by atoms with E-state index in [1.54, 1.807) is 18.3 Å². The molecule has 0 unspecified atom stereocenters. The van der Waals surface area contributed by atoms with Gasteiger partial charge in [0.25, 0.3) is 0 Å². The summed E-state index contributed by atoms with van der Waals surface area (Å²) in [6.45, 7) is 0.275. The van der Waals surface area contributed by atoms with Gasteiger partial charge in [-0.1, -0.05) is 6.07 Å². The van der Waals surface area contributed by atoms with Crippen molar-refractivity contribution in [2.24, 2.45) is 0 Å². The van der Waals surface area contributed by atoms with Crippen LogP contribution in [0.15, 0.2) is 36.5 Å². The summed E-state index contributed by atoms with van der Waals surface area (Å²) in [6.07, 6.45) is 4.03. The van der Waals surface area contributed by atoms with Gasteiger partial charge >= 0.3 is 0 Å². The highest BCUT2D eigenvalue weighted by molar-refractivity contribution is 5.98. The molecule has 0 bridgehead atoms. The lowest BCUT2D eigenvalue weighted by atomic mass is 9.94. The first-order valence-corrected chi connectivity index (χ1v) is 6.62. The quantitative estimate of drug-likeness (QED) is 0.859. The molecule has 0 atom stereocenters. The van der Waals surface area contributed by atoms with E-state index in [0.29, 0.717) is 17.7 Å². The number of carbonyl (C=O) groups excluding carboxylic acids is 1. The fourth-order valence-electron chi connectivity index (χ4n) is 2.33. The number of benzene rings is 1. The van der Waals surface area contributed by atoms with Gasteiger partial charge in [0.15, 0.2) is 5.78 Å². The van der Waals surface area contributed by atoms with Crippen LogP contribution in [0.3, 0.4) is 0 Å². The van der Waals surface area contributed by atoms with Crippen molar-refractivity contribution in [3.05, 3.63) is 59.2 Å². The summed E-state index contributed by atoms with van der Waals surface area (Å²) >= 11 is 0. The monoisotopic (exact) mass is 271 g/mol. The van der Waals surface area contributed by atoms with Crippen LogP contribution in [-0.4, -0.2) is 10.8 Å². The number of nitrogens with zero attached hydrogens (tertiary/aromatic N) is 1. The number of ether oxygens (including phenoxy) is 1. The van der Waals surface area contributed by atoms with Crippen molar-refractivity contribution in [2.75, 3.05) is 0 Å². The van der Waals surface area contributed by atoms with Gasteiger partial charge in [0.05, 0.1) is 5.69 Å². The molecule has 1 aliphatic rings. The van der Waals surface area contributed by atoms with Gasteiger partial charge < -0.3 is 4.74 Å². The largest absolute Gasteiger partial charge is 0.489 e. The van der Waals surface area contributed by atoms with Gasteiger partial charge in [0.2, 0.25) is 0 Å². The predicted octanol–water partition coefficient (Wildman–Crippen LogP) is 3.32. The number of pyridine rings is 1. The summed E-state index contributed by atoms with van der Waals surface area (Å²) in [5, 5.41) is 0. The van der Waals surface area contributed by atoms with Crippen molar-refractivity contribution in [3.8, 4) is 5.75 Å². The van der Waals surface area contributed by atoms with Gasteiger partial charge in [-0.25, -0.2) is 4.39 Å². The zero-order valence-corrected chi connectivity index (χ0v) is 10.9. The lowest BCUT2D eigenvalue weighted by Crippen LogP contribution is -2.13.